The minimum absolute atomic E-state index is 0.0337. The van der Waals surface area contributed by atoms with E-state index in [9.17, 15) is 26.7 Å². The standard InChI is InChI=1S/C22H24F3N5O3S/c1-14(31)16-7-9-17(10-8-16)28-21-27-13-19(22(23,24)25)20(29-21)26-12-15-5-4-6-18(11-15)30(2)34(3,32)33/h4-11,13-14,31H,12H2,1-3H3,(H2,26,27,28,29). The second-order valence-corrected chi connectivity index (χ2v) is 9.64. The van der Waals surface area contributed by atoms with Gasteiger partial charge in [-0.25, -0.2) is 13.4 Å². The van der Waals surface area contributed by atoms with Gasteiger partial charge in [0.15, 0.2) is 0 Å². The second kappa shape index (κ2) is 9.85. The van der Waals surface area contributed by atoms with Gasteiger partial charge in [-0.1, -0.05) is 24.3 Å². The zero-order valence-electron chi connectivity index (χ0n) is 18.6. The summed E-state index contributed by atoms with van der Waals surface area (Å²) in [6.45, 7) is 1.59. The summed E-state index contributed by atoms with van der Waals surface area (Å²) in [5, 5.41) is 15.1. The van der Waals surface area contributed by atoms with E-state index < -0.39 is 33.7 Å². The Kier molecular flexibility index (Phi) is 7.32. The van der Waals surface area contributed by atoms with Crippen LogP contribution in [0.2, 0.25) is 0 Å². The first-order valence-electron chi connectivity index (χ1n) is 10.1. The smallest absolute Gasteiger partial charge is 0.389 e. The summed E-state index contributed by atoms with van der Waals surface area (Å²) in [6, 6.07) is 13.1. The topological polar surface area (TPSA) is 107 Å². The number of anilines is 4. The molecule has 0 aliphatic heterocycles. The Morgan fingerprint density at radius 2 is 1.82 bits per heavy atom. The number of sulfonamides is 1. The lowest BCUT2D eigenvalue weighted by atomic mass is 10.1. The molecule has 1 heterocycles. The van der Waals surface area contributed by atoms with Crippen molar-refractivity contribution in [2.45, 2.75) is 25.7 Å². The summed E-state index contributed by atoms with van der Waals surface area (Å²) in [6.07, 6.45) is -3.59. The number of benzene rings is 2. The maximum absolute atomic E-state index is 13.5. The number of nitrogens with one attached hydrogen (secondary N) is 2. The van der Waals surface area contributed by atoms with Crippen LogP contribution < -0.4 is 14.9 Å². The molecule has 0 fully saturated rings. The minimum atomic E-state index is -4.68. The number of aliphatic hydroxyl groups is 1. The fourth-order valence-corrected chi connectivity index (χ4v) is 3.49. The summed E-state index contributed by atoms with van der Waals surface area (Å²) < 4.78 is 65.2. The van der Waals surface area contributed by atoms with Crippen LogP contribution in [0.15, 0.2) is 54.7 Å². The summed E-state index contributed by atoms with van der Waals surface area (Å²) in [5.74, 6) is -0.474. The molecule has 0 aliphatic carbocycles. The van der Waals surface area contributed by atoms with E-state index in [4.69, 9.17) is 0 Å². The van der Waals surface area contributed by atoms with Gasteiger partial charge in [-0.05, 0) is 42.3 Å². The van der Waals surface area contributed by atoms with Crippen molar-refractivity contribution >= 4 is 33.2 Å². The van der Waals surface area contributed by atoms with Gasteiger partial charge in [-0.2, -0.15) is 18.2 Å². The highest BCUT2D eigenvalue weighted by Gasteiger charge is 2.35. The van der Waals surface area contributed by atoms with E-state index in [1.165, 1.54) is 7.05 Å². The largest absolute Gasteiger partial charge is 0.421 e. The van der Waals surface area contributed by atoms with Crippen molar-refractivity contribution in [2.75, 3.05) is 28.2 Å². The number of halogens is 3. The van der Waals surface area contributed by atoms with E-state index in [0.29, 0.717) is 28.7 Å². The number of hydrogen-bond acceptors (Lipinski definition) is 7. The van der Waals surface area contributed by atoms with Crippen LogP contribution in [0, 0.1) is 0 Å². The van der Waals surface area contributed by atoms with Crippen LogP contribution in [-0.2, 0) is 22.7 Å². The Morgan fingerprint density at radius 3 is 2.41 bits per heavy atom. The molecule has 0 saturated carbocycles. The molecular weight excluding hydrogens is 471 g/mol. The van der Waals surface area contributed by atoms with Crippen LogP contribution in [0.5, 0.6) is 0 Å². The number of hydrogen-bond donors (Lipinski definition) is 3. The molecule has 2 aromatic carbocycles. The molecule has 8 nitrogen and oxygen atoms in total. The molecule has 3 N–H and O–H groups in total. The minimum Gasteiger partial charge on any atom is -0.389 e. The van der Waals surface area contributed by atoms with E-state index in [0.717, 1.165) is 10.6 Å². The summed E-state index contributed by atoms with van der Waals surface area (Å²) in [7, 11) is -2.10. The average molecular weight is 496 g/mol. The van der Waals surface area contributed by atoms with Gasteiger partial charge in [0, 0.05) is 25.5 Å². The van der Waals surface area contributed by atoms with Gasteiger partial charge in [0.1, 0.15) is 11.4 Å². The van der Waals surface area contributed by atoms with Crippen molar-refractivity contribution in [1.29, 1.82) is 0 Å². The predicted molar refractivity (Wildman–Crippen MR) is 124 cm³/mol. The molecule has 0 saturated heterocycles. The van der Waals surface area contributed by atoms with Gasteiger partial charge in [0.05, 0.1) is 18.0 Å². The zero-order chi connectivity index (χ0) is 25.1. The Labute approximate surface area is 195 Å². The number of aromatic nitrogens is 2. The number of nitrogens with zero attached hydrogens (tertiary/aromatic N) is 3. The summed E-state index contributed by atoms with van der Waals surface area (Å²) in [5.41, 5.74) is 1.12. The Bertz CT molecular complexity index is 1250. The lowest BCUT2D eigenvalue weighted by molar-refractivity contribution is -0.137. The van der Waals surface area contributed by atoms with E-state index in [-0.39, 0.29) is 12.5 Å². The molecule has 0 bridgehead atoms. The number of rotatable bonds is 8. The quantitative estimate of drug-likeness (QED) is 0.428. The molecule has 34 heavy (non-hydrogen) atoms. The average Bonchev–Trinajstić information content (AvgIpc) is 2.76. The van der Waals surface area contributed by atoms with Gasteiger partial charge < -0.3 is 15.7 Å². The van der Waals surface area contributed by atoms with Crippen LogP contribution in [-0.4, -0.2) is 36.8 Å². The van der Waals surface area contributed by atoms with Crippen LogP contribution in [0.25, 0.3) is 0 Å². The van der Waals surface area contributed by atoms with Crippen molar-refractivity contribution in [1.82, 2.24) is 9.97 Å². The first-order valence-corrected chi connectivity index (χ1v) is 12.0. The molecule has 1 aromatic heterocycles. The predicted octanol–water partition coefficient (Wildman–Crippen LogP) is 4.30. The Morgan fingerprint density at radius 1 is 1.15 bits per heavy atom. The van der Waals surface area contributed by atoms with Crippen molar-refractivity contribution in [2.24, 2.45) is 0 Å². The normalized spacial score (nSPS) is 12.8. The highest BCUT2D eigenvalue weighted by molar-refractivity contribution is 7.92. The Balaban J connectivity index is 1.83. The lowest BCUT2D eigenvalue weighted by Crippen LogP contribution is -2.24. The maximum Gasteiger partial charge on any atom is 0.421 e. The fourth-order valence-electron chi connectivity index (χ4n) is 3.00. The molecule has 1 atom stereocenters. The van der Waals surface area contributed by atoms with Crippen molar-refractivity contribution in [3.05, 3.63) is 71.4 Å². The molecule has 12 heteroatoms. The summed E-state index contributed by atoms with van der Waals surface area (Å²) in [4.78, 5) is 7.77. The van der Waals surface area contributed by atoms with E-state index in [1.807, 2.05) is 0 Å². The van der Waals surface area contributed by atoms with Gasteiger partial charge in [-0.15, -0.1) is 0 Å². The molecule has 0 spiro atoms. The molecule has 0 aliphatic rings. The maximum atomic E-state index is 13.5. The van der Waals surface area contributed by atoms with Crippen molar-refractivity contribution < 1.29 is 26.7 Å². The third kappa shape index (κ3) is 6.35. The lowest BCUT2D eigenvalue weighted by Gasteiger charge is -2.18. The number of alkyl halides is 3. The fraction of sp³-hybridized carbons (Fsp3) is 0.273. The third-order valence-electron chi connectivity index (χ3n) is 4.97. The van der Waals surface area contributed by atoms with E-state index >= 15 is 0 Å². The monoisotopic (exact) mass is 495 g/mol. The van der Waals surface area contributed by atoms with E-state index in [2.05, 4.69) is 20.6 Å². The molecule has 0 amide bonds. The van der Waals surface area contributed by atoms with Gasteiger partial charge in [0.2, 0.25) is 16.0 Å². The van der Waals surface area contributed by atoms with Crippen LogP contribution in [0.1, 0.15) is 29.7 Å². The van der Waals surface area contributed by atoms with Crippen LogP contribution in [0.3, 0.4) is 0 Å². The second-order valence-electron chi connectivity index (χ2n) is 7.63. The molecule has 182 valence electrons. The summed E-state index contributed by atoms with van der Waals surface area (Å²) >= 11 is 0. The first-order chi connectivity index (χ1) is 15.8. The van der Waals surface area contributed by atoms with Crippen molar-refractivity contribution in [3.8, 4) is 0 Å². The van der Waals surface area contributed by atoms with Crippen molar-refractivity contribution in [3.63, 3.8) is 0 Å². The van der Waals surface area contributed by atoms with Gasteiger partial charge in [-0.3, -0.25) is 4.31 Å². The van der Waals surface area contributed by atoms with Crippen LogP contribution in [0.4, 0.5) is 36.3 Å². The highest BCUT2D eigenvalue weighted by atomic mass is 32.2. The molecule has 3 rings (SSSR count). The van der Waals surface area contributed by atoms with E-state index in [1.54, 1.807) is 55.5 Å². The molecule has 0 radical (unpaired) electrons. The molecular formula is C22H24F3N5O3S. The first kappa shape index (κ1) is 25.2. The number of aliphatic hydroxyl groups excluding tert-OH is 1. The zero-order valence-corrected chi connectivity index (χ0v) is 19.4. The van der Waals surface area contributed by atoms with Crippen LogP contribution >= 0.6 is 0 Å². The Hall–Kier alpha value is -3.38. The SMILES string of the molecule is CC(O)c1ccc(Nc2ncc(C(F)(F)F)c(NCc3cccc(N(C)S(C)(=O)=O)c3)n2)cc1. The van der Waals surface area contributed by atoms with Gasteiger partial charge in [0.25, 0.3) is 0 Å². The van der Waals surface area contributed by atoms with Gasteiger partial charge >= 0.3 is 6.18 Å². The molecule has 3 aromatic rings. The molecule has 1 unspecified atom stereocenters. The highest BCUT2D eigenvalue weighted by Crippen LogP contribution is 2.34. The third-order valence-corrected chi connectivity index (χ3v) is 6.18.